The van der Waals surface area contributed by atoms with Crippen LogP contribution in [0.5, 0.6) is 11.5 Å². The van der Waals surface area contributed by atoms with E-state index in [0.29, 0.717) is 18.1 Å². The minimum absolute atomic E-state index is 0.0374. The van der Waals surface area contributed by atoms with Crippen LogP contribution < -0.4 is 9.47 Å². The number of aliphatic hydroxyl groups excluding tert-OH is 1. The minimum Gasteiger partial charge on any atom is -0.493 e. The monoisotopic (exact) mass is 340 g/mol. The van der Waals surface area contributed by atoms with Crippen molar-refractivity contribution >= 4 is 15.9 Å². The Morgan fingerprint density at radius 3 is 2.80 bits per heavy atom. The summed E-state index contributed by atoms with van der Waals surface area (Å²) in [6.45, 7) is 0.483. The van der Waals surface area contributed by atoms with Gasteiger partial charge in [0.2, 0.25) is 0 Å². The predicted molar refractivity (Wildman–Crippen MR) is 79.0 cm³/mol. The first-order valence-electron chi connectivity index (χ1n) is 6.22. The number of aromatic nitrogens is 2. The van der Waals surface area contributed by atoms with Crippen molar-refractivity contribution in [2.24, 2.45) is 7.05 Å². The fourth-order valence-electron chi connectivity index (χ4n) is 1.91. The molecule has 0 saturated carbocycles. The second-order valence-corrected chi connectivity index (χ2v) is 5.17. The maximum absolute atomic E-state index is 9.18. The Morgan fingerprint density at radius 1 is 1.40 bits per heavy atom. The van der Waals surface area contributed by atoms with E-state index in [9.17, 15) is 5.11 Å². The molecule has 1 N–H and O–H groups in total. The van der Waals surface area contributed by atoms with E-state index in [-0.39, 0.29) is 6.61 Å². The highest BCUT2D eigenvalue weighted by molar-refractivity contribution is 9.10. The number of hydrogen-bond donors (Lipinski definition) is 1. The van der Waals surface area contributed by atoms with Crippen molar-refractivity contribution in [1.29, 1.82) is 0 Å². The summed E-state index contributed by atoms with van der Waals surface area (Å²) >= 11 is 3.44. The standard InChI is InChI=1S/C14H17BrN2O3/c1-17-11(3-5-16-17)4-6-20-14-12(15)7-10(9-18)8-13(14)19-2/h3,5,7-8,18H,4,6,9H2,1-2H3. The number of rotatable bonds is 6. The summed E-state index contributed by atoms with van der Waals surface area (Å²) in [5, 5.41) is 13.3. The van der Waals surface area contributed by atoms with Gasteiger partial charge in [0.1, 0.15) is 0 Å². The second kappa shape index (κ2) is 6.76. The van der Waals surface area contributed by atoms with Crippen LogP contribution in [0.1, 0.15) is 11.3 Å². The molecule has 108 valence electrons. The van der Waals surface area contributed by atoms with Gasteiger partial charge >= 0.3 is 0 Å². The third kappa shape index (κ3) is 3.32. The van der Waals surface area contributed by atoms with E-state index in [2.05, 4.69) is 21.0 Å². The molecule has 6 heteroatoms. The number of aryl methyl sites for hydroxylation is 1. The zero-order valence-corrected chi connectivity index (χ0v) is 13.1. The maximum atomic E-state index is 9.18. The minimum atomic E-state index is -0.0374. The zero-order valence-electron chi connectivity index (χ0n) is 11.5. The van der Waals surface area contributed by atoms with Gasteiger partial charge in [0.05, 0.1) is 24.8 Å². The Kier molecular flexibility index (Phi) is 5.03. The number of nitrogens with zero attached hydrogens (tertiary/aromatic N) is 2. The fourth-order valence-corrected chi connectivity index (χ4v) is 2.51. The van der Waals surface area contributed by atoms with Crippen LogP contribution in [0.3, 0.4) is 0 Å². The lowest BCUT2D eigenvalue weighted by Crippen LogP contribution is -2.07. The largest absolute Gasteiger partial charge is 0.493 e. The van der Waals surface area contributed by atoms with Gasteiger partial charge in [-0.2, -0.15) is 5.10 Å². The van der Waals surface area contributed by atoms with Gasteiger partial charge in [0.15, 0.2) is 11.5 Å². The molecule has 20 heavy (non-hydrogen) atoms. The molecule has 1 aromatic carbocycles. The topological polar surface area (TPSA) is 56.5 Å². The Hall–Kier alpha value is -1.53. The van der Waals surface area contributed by atoms with Gasteiger partial charge in [-0.05, 0) is 39.7 Å². The summed E-state index contributed by atoms with van der Waals surface area (Å²) < 4.78 is 13.7. The molecule has 0 unspecified atom stereocenters. The molecule has 0 aliphatic heterocycles. The van der Waals surface area contributed by atoms with Gasteiger partial charge < -0.3 is 14.6 Å². The lowest BCUT2D eigenvalue weighted by molar-refractivity contribution is 0.276. The molecule has 0 amide bonds. The molecule has 0 spiro atoms. The Morgan fingerprint density at radius 2 is 2.20 bits per heavy atom. The first-order valence-corrected chi connectivity index (χ1v) is 7.02. The number of benzene rings is 1. The molecule has 0 aliphatic rings. The Labute approximate surface area is 126 Å². The van der Waals surface area contributed by atoms with E-state index >= 15 is 0 Å². The van der Waals surface area contributed by atoms with Crippen LogP contribution in [0.2, 0.25) is 0 Å². The van der Waals surface area contributed by atoms with Gasteiger partial charge in [0.25, 0.3) is 0 Å². The molecule has 1 aromatic heterocycles. The number of methoxy groups -OCH3 is 1. The molecule has 0 bridgehead atoms. The molecule has 2 aromatic rings. The van der Waals surface area contributed by atoms with Crippen LogP contribution in [-0.4, -0.2) is 28.6 Å². The van der Waals surface area contributed by atoms with Crippen LogP contribution in [0, 0.1) is 0 Å². The van der Waals surface area contributed by atoms with Gasteiger partial charge in [0, 0.05) is 25.4 Å². The molecule has 2 rings (SSSR count). The molecule has 0 radical (unpaired) electrons. The van der Waals surface area contributed by atoms with Gasteiger partial charge in [-0.25, -0.2) is 0 Å². The van der Waals surface area contributed by atoms with Crippen LogP contribution >= 0.6 is 15.9 Å². The fraction of sp³-hybridized carbons (Fsp3) is 0.357. The Bertz CT molecular complexity index is 584. The molecule has 0 aliphatic carbocycles. The van der Waals surface area contributed by atoms with Crippen molar-refractivity contribution in [3.05, 3.63) is 40.1 Å². The predicted octanol–water partition coefficient (Wildman–Crippen LogP) is 2.30. The molecular weight excluding hydrogens is 324 g/mol. The van der Waals surface area contributed by atoms with E-state index in [0.717, 1.165) is 22.2 Å². The lowest BCUT2D eigenvalue weighted by Gasteiger charge is -2.14. The first kappa shape index (κ1) is 14.9. The molecule has 5 nitrogen and oxygen atoms in total. The third-order valence-corrected chi connectivity index (χ3v) is 3.59. The van der Waals surface area contributed by atoms with Crippen LogP contribution in [-0.2, 0) is 20.1 Å². The average Bonchev–Trinajstić information content (AvgIpc) is 2.85. The normalized spacial score (nSPS) is 10.6. The number of halogens is 1. The Balaban J connectivity index is 2.07. The van der Waals surface area contributed by atoms with Crippen LogP contribution in [0.4, 0.5) is 0 Å². The summed E-state index contributed by atoms with van der Waals surface area (Å²) in [5.41, 5.74) is 1.87. The highest BCUT2D eigenvalue weighted by atomic mass is 79.9. The van der Waals surface area contributed by atoms with Gasteiger partial charge in [-0.1, -0.05) is 0 Å². The van der Waals surface area contributed by atoms with Gasteiger partial charge in [-0.3, -0.25) is 4.68 Å². The van der Waals surface area contributed by atoms with Crippen molar-refractivity contribution < 1.29 is 14.6 Å². The van der Waals surface area contributed by atoms with Crippen molar-refractivity contribution in [2.45, 2.75) is 13.0 Å². The summed E-state index contributed by atoms with van der Waals surface area (Å²) in [7, 11) is 3.48. The summed E-state index contributed by atoms with van der Waals surface area (Å²) in [6, 6.07) is 5.55. The maximum Gasteiger partial charge on any atom is 0.175 e. The smallest absolute Gasteiger partial charge is 0.175 e. The molecular formula is C14H17BrN2O3. The summed E-state index contributed by atoms with van der Waals surface area (Å²) in [6.07, 6.45) is 2.52. The second-order valence-electron chi connectivity index (χ2n) is 4.31. The number of hydrogen-bond acceptors (Lipinski definition) is 4. The quantitative estimate of drug-likeness (QED) is 0.876. The van der Waals surface area contributed by atoms with E-state index < -0.39 is 0 Å². The van der Waals surface area contributed by atoms with E-state index in [1.165, 1.54) is 0 Å². The van der Waals surface area contributed by atoms with Gasteiger partial charge in [-0.15, -0.1) is 0 Å². The van der Waals surface area contributed by atoms with E-state index in [1.807, 2.05) is 23.9 Å². The zero-order chi connectivity index (χ0) is 14.5. The van der Waals surface area contributed by atoms with Crippen molar-refractivity contribution in [1.82, 2.24) is 9.78 Å². The highest BCUT2D eigenvalue weighted by Gasteiger charge is 2.11. The van der Waals surface area contributed by atoms with Crippen LogP contribution in [0.15, 0.2) is 28.9 Å². The molecule has 0 saturated heterocycles. The van der Waals surface area contributed by atoms with Crippen molar-refractivity contribution in [3.8, 4) is 11.5 Å². The summed E-state index contributed by atoms with van der Waals surface area (Å²) in [4.78, 5) is 0. The first-order chi connectivity index (χ1) is 9.65. The number of ether oxygens (including phenoxy) is 2. The molecule has 1 heterocycles. The van der Waals surface area contributed by atoms with Crippen molar-refractivity contribution in [2.75, 3.05) is 13.7 Å². The van der Waals surface area contributed by atoms with E-state index in [4.69, 9.17) is 9.47 Å². The summed E-state index contributed by atoms with van der Waals surface area (Å²) in [5.74, 6) is 1.25. The molecule has 0 atom stereocenters. The van der Waals surface area contributed by atoms with Crippen LogP contribution in [0.25, 0.3) is 0 Å². The van der Waals surface area contributed by atoms with E-state index in [1.54, 1.807) is 19.4 Å². The highest BCUT2D eigenvalue weighted by Crippen LogP contribution is 2.36. The molecule has 0 fully saturated rings. The van der Waals surface area contributed by atoms with Crippen molar-refractivity contribution in [3.63, 3.8) is 0 Å². The third-order valence-electron chi connectivity index (χ3n) is 3.00. The lowest BCUT2D eigenvalue weighted by atomic mass is 10.2. The number of aliphatic hydroxyl groups is 1. The SMILES string of the molecule is COc1cc(CO)cc(Br)c1OCCc1ccnn1C. The average molecular weight is 341 g/mol.